The molecule has 6 nitrogen and oxygen atoms in total. The molecule has 2 aliphatic heterocycles. The molecule has 3 heterocycles. The number of hydrogen-bond donors (Lipinski definition) is 2. The van der Waals surface area contributed by atoms with Crippen LogP contribution >= 0.6 is 0 Å². The van der Waals surface area contributed by atoms with Crippen molar-refractivity contribution in [2.45, 2.75) is 76.0 Å². The van der Waals surface area contributed by atoms with Crippen LogP contribution < -0.4 is 10.9 Å². The lowest BCUT2D eigenvalue weighted by molar-refractivity contribution is -0.128. The van der Waals surface area contributed by atoms with Crippen LogP contribution in [0.1, 0.15) is 63.1 Å². The van der Waals surface area contributed by atoms with Crippen molar-refractivity contribution in [3.05, 3.63) is 34.2 Å². The Kier molecular flexibility index (Phi) is 5.25. The standard InChI is InChI=1S/C23H33N3O3/c27-14-17-19-13-25-18(10-5-11-20(25)28)22(26(19)12-15-6-1-2-7-15)21(17)23(29)24-16-8-3-4-9-16/h5,10-11,15-17,19,21-22,27H,1-4,6-9,12-14H2,(H,24,29)/t17-,19-,21+,22+/m0/s1. The Hall–Kier alpha value is -1.66. The molecular formula is C23H33N3O3. The predicted molar refractivity (Wildman–Crippen MR) is 110 cm³/mol. The van der Waals surface area contributed by atoms with Gasteiger partial charge in [-0.2, -0.15) is 0 Å². The van der Waals surface area contributed by atoms with E-state index < -0.39 is 0 Å². The van der Waals surface area contributed by atoms with Crippen molar-refractivity contribution in [3.63, 3.8) is 0 Å². The number of nitrogens with zero attached hydrogens (tertiary/aromatic N) is 2. The van der Waals surface area contributed by atoms with E-state index in [2.05, 4.69) is 10.2 Å². The molecule has 6 heteroatoms. The van der Waals surface area contributed by atoms with Gasteiger partial charge >= 0.3 is 0 Å². The van der Waals surface area contributed by atoms with Gasteiger partial charge in [0, 0.05) is 49.5 Å². The van der Waals surface area contributed by atoms with Crippen LogP contribution in [-0.4, -0.2) is 45.7 Å². The van der Waals surface area contributed by atoms with Crippen molar-refractivity contribution in [1.82, 2.24) is 14.8 Å². The quantitative estimate of drug-likeness (QED) is 0.795. The summed E-state index contributed by atoms with van der Waals surface area (Å²) in [6.07, 6.45) is 9.54. The van der Waals surface area contributed by atoms with Crippen molar-refractivity contribution in [3.8, 4) is 0 Å². The SMILES string of the molecule is O=C(NC1CCCC1)[C@@H]1[C@@H](CO)[C@@H]2Cn3c(cccc3=O)[C@H]1N2CC1CCCC1. The average molecular weight is 400 g/mol. The summed E-state index contributed by atoms with van der Waals surface area (Å²) in [7, 11) is 0. The van der Waals surface area contributed by atoms with Crippen molar-refractivity contribution < 1.29 is 9.90 Å². The van der Waals surface area contributed by atoms with E-state index in [4.69, 9.17) is 0 Å². The number of pyridine rings is 1. The summed E-state index contributed by atoms with van der Waals surface area (Å²) < 4.78 is 1.85. The average Bonchev–Trinajstić information content (AvgIpc) is 3.44. The zero-order valence-electron chi connectivity index (χ0n) is 17.1. The molecule has 1 aromatic heterocycles. The van der Waals surface area contributed by atoms with E-state index in [1.54, 1.807) is 6.07 Å². The molecule has 0 aromatic carbocycles. The normalized spacial score (nSPS) is 32.6. The zero-order valence-corrected chi connectivity index (χ0v) is 17.1. The lowest BCUT2D eigenvalue weighted by Crippen LogP contribution is -2.47. The third-order valence-electron chi connectivity index (χ3n) is 7.99. The molecule has 2 N–H and O–H groups in total. The number of nitrogens with one attached hydrogen (secondary N) is 1. The Morgan fingerprint density at radius 2 is 1.83 bits per heavy atom. The molecule has 1 saturated heterocycles. The van der Waals surface area contributed by atoms with Gasteiger partial charge in [0.25, 0.3) is 5.56 Å². The molecule has 5 rings (SSSR count). The molecule has 4 atom stereocenters. The van der Waals surface area contributed by atoms with E-state index in [1.165, 1.54) is 38.5 Å². The minimum absolute atomic E-state index is 0.00607. The number of aromatic nitrogens is 1. The predicted octanol–water partition coefficient (Wildman–Crippen LogP) is 2.06. The monoisotopic (exact) mass is 399 g/mol. The van der Waals surface area contributed by atoms with Crippen molar-refractivity contribution in [2.75, 3.05) is 13.2 Å². The molecule has 2 saturated carbocycles. The number of aliphatic hydroxyl groups is 1. The number of carbonyl (C=O) groups excluding carboxylic acids is 1. The summed E-state index contributed by atoms with van der Waals surface area (Å²) in [6.45, 7) is 1.55. The molecule has 4 aliphatic rings. The number of hydrogen-bond acceptors (Lipinski definition) is 4. The largest absolute Gasteiger partial charge is 0.396 e. The lowest BCUT2D eigenvalue weighted by atomic mass is 9.86. The number of carbonyl (C=O) groups is 1. The molecule has 29 heavy (non-hydrogen) atoms. The molecule has 1 aromatic rings. The summed E-state index contributed by atoms with van der Waals surface area (Å²) in [4.78, 5) is 28.5. The van der Waals surface area contributed by atoms with E-state index in [-0.39, 0.29) is 48.0 Å². The molecule has 2 bridgehead atoms. The first-order valence-corrected chi connectivity index (χ1v) is 11.5. The van der Waals surface area contributed by atoms with Crippen LogP contribution in [0.3, 0.4) is 0 Å². The first-order chi connectivity index (χ1) is 14.2. The highest BCUT2D eigenvalue weighted by molar-refractivity contribution is 5.81. The maximum atomic E-state index is 13.5. The number of aliphatic hydroxyl groups excluding tert-OH is 1. The third kappa shape index (κ3) is 3.34. The minimum Gasteiger partial charge on any atom is -0.396 e. The van der Waals surface area contributed by atoms with E-state index in [0.717, 1.165) is 25.1 Å². The highest BCUT2D eigenvalue weighted by atomic mass is 16.3. The van der Waals surface area contributed by atoms with Gasteiger partial charge < -0.3 is 15.0 Å². The number of fused-ring (bicyclic) bond motifs is 4. The second-order valence-electron chi connectivity index (χ2n) is 9.62. The molecule has 0 spiro atoms. The van der Waals surface area contributed by atoms with E-state index in [1.807, 2.05) is 16.7 Å². The molecule has 1 amide bonds. The Morgan fingerprint density at radius 1 is 1.10 bits per heavy atom. The van der Waals surface area contributed by atoms with Crippen LogP contribution in [0.5, 0.6) is 0 Å². The third-order valence-corrected chi connectivity index (χ3v) is 7.99. The molecule has 3 fully saturated rings. The summed E-state index contributed by atoms with van der Waals surface area (Å²) in [5, 5.41) is 13.6. The topological polar surface area (TPSA) is 74.6 Å². The zero-order chi connectivity index (χ0) is 20.0. The van der Waals surface area contributed by atoms with E-state index >= 15 is 0 Å². The summed E-state index contributed by atoms with van der Waals surface area (Å²) in [6, 6.07) is 5.65. The first kappa shape index (κ1) is 19.3. The highest BCUT2D eigenvalue weighted by Gasteiger charge is 2.56. The van der Waals surface area contributed by atoms with Gasteiger partial charge in [-0.05, 0) is 37.7 Å². The van der Waals surface area contributed by atoms with Crippen LogP contribution in [0.4, 0.5) is 0 Å². The van der Waals surface area contributed by atoms with E-state index in [9.17, 15) is 14.7 Å². The maximum Gasteiger partial charge on any atom is 0.250 e. The number of rotatable bonds is 5. The molecular weight excluding hydrogens is 366 g/mol. The smallest absolute Gasteiger partial charge is 0.250 e. The fourth-order valence-corrected chi connectivity index (χ4v) is 6.58. The lowest BCUT2D eigenvalue weighted by Gasteiger charge is -2.39. The van der Waals surface area contributed by atoms with E-state index in [0.29, 0.717) is 12.5 Å². The molecule has 0 unspecified atom stereocenters. The highest BCUT2D eigenvalue weighted by Crippen LogP contribution is 2.49. The maximum absolute atomic E-state index is 13.5. The molecule has 158 valence electrons. The van der Waals surface area contributed by atoms with Crippen molar-refractivity contribution in [1.29, 1.82) is 0 Å². The van der Waals surface area contributed by atoms with Gasteiger partial charge in [-0.25, -0.2) is 0 Å². The second kappa shape index (κ2) is 7.88. The fourth-order valence-electron chi connectivity index (χ4n) is 6.58. The van der Waals surface area contributed by atoms with Crippen LogP contribution in [0.25, 0.3) is 0 Å². The van der Waals surface area contributed by atoms with Gasteiger partial charge in [0.15, 0.2) is 0 Å². The Balaban J connectivity index is 1.50. The Labute approximate surface area is 172 Å². The van der Waals surface area contributed by atoms with Gasteiger partial charge in [-0.3, -0.25) is 14.5 Å². The van der Waals surface area contributed by atoms with Crippen molar-refractivity contribution in [2.24, 2.45) is 17.8 Å². The van der Waals surface area contributed by atoms with Crippen LogP contribution in [0, 0.1) is 17.8 Å². The van der Waals surface area contributed by atoms with Gasteiger partial charge in [0.1, 0.15) is 0 Å². The van der Waals surface area contributed by atoms with Gasteiger partial charge in [0.05, 0.1) is 12.0 Å². The van der Waals surface area contributed by atoms with Crippen molar-refractivity contribution >= 4 is 5.91 Å². The fraction of sp³-hybridized carbons (Fsp3) is 0.739. The summed E-state index contributed by atoms with van der Waals surface area (Å²) in [5.74, 6) is 0.326. The minimum atomic E-state index is -0.289. The number of amides is 1. The Bertz CT molecular complexity index is 810. The summed E-state index contributed by atoms with van der Waals surface area (Å²) >= 11 is 0. The molecule has 0 radical (unpaired) electrons. The van der Waals surface area contributed by atoms with Crippen LogP contribution in [0.2, 0.25) is 0 Å². The summed E-state index contributed by atoms with van der Waals surface area (Å²) in [5.41, 5.74) is 0.959. The molecule has 2 aliphatic carbocycles. The van der Waals surface area contributed by atoms with Crippen LogP contribution in [0.15, 0.2) is 23.0 Å². The van der Waals surface area contributed by atoms with Gasteiger partial charge in [0.2, 0.25) is 5.91 Å². The second-order valence-corrected chi connectivity index (χ2v) is 9.62. The van der Waals surface area contributed by atoms with Crippen LogP contribution in [-0.2, 0) is 11.3 Å². The van der Waals surface area contributed by atoms with Gasteiger partial charge in [-0.1, -0.05) is 31.7 Å². The van der Waals surface area contributed by atoms with Gasteiger partial charge in [-0.15, -0.1) is 0 Å². The Morgan fingerprint density at radius 3 is 2.55 bits per heavy atom. The first-order valence-electron chi connectivity index (χ1n) is 11.5.